The van der Waals surface area contributed by atoms with E-state index in [1.54, 1.807) is 5.56 Å². The molecule has 1 aromatic carbocycles. The molecule has 3 rings (SSSR count). The monoisotopic (exact) mass is 308 g/mol. The van der Waals surface area contributed by atoms with E-state index in [-0.39, 0.29) is 12.4 Å². The number of benzene rings is 1. The van der Waals surface area contributed by atoms with Crippen molar-refractivity contribution in [1.29, 1.82) is 0 Å². The number of piperidine rings is 1. The predicted molar refractivity (Wildman–Crippen MR) is 92.6 cm³/mol. The van der Waals surface area contributed by atoms with Crippen molar-refractivity contribution in [3.63, 3.8) is 0 Å². The van der Waals surface area contributed by atoms with Gasteiger partial charge in [-0.2, -0.15) is 0 Å². The van der Waals surface area contributed by atoms with Crippen LogP contribution in [-0.4, -0.2) is 37.6 Å². The lowest BCUT2D eigenvalue weighted by molar-refractivity contribution is 0.239. The molecule has 2 aliphatic heterocycles. The number of hydrogen-bond donors (Lipinski definition) is 1. The van der Waals surface area contributed by atoms with Gasteiger partial charge in [0.15, 0.2) is 0 Å². The first kappa shape index (κ1) is 16.8. The van der Waals surface area contributed by atoms with E-state index in [1.165, 1.54) is 63.1 Å². The summed E-state index contributed by atoms with van der Waals surface area (Å²) < 4.78 is 0. The van der Waals surface area contributed by atoms with E-state index in [4.69, 9.17) is 0 Å². The fourth-order valence-electron chi connectivity index (χ4n) is 3.97. The standard InChI is InChI=1S/C18H28N2.ClH/c1-14-3-4-18(15(2)11-14)17-7-10-20(13-17)12-16-5-8-19-9-6-16;/h3-4,11,16-17,19H,5-10,12-13H2,1-2H3;1H. The number of nitrogens with one attached hydrogen (secondary N) is 1. The molecule has 2 saturated heterocycles. The van der Waals surface area contributed by atoms with Gasteiger partial charge in [0, 0.05) is 13.1 Å². The Morgan fingerprint density at radius 2 is 1.90 bits per heavy atom. The van der Waals surface area contributed by atoms with E-state index in [0.717, 1.165) is 11.8 Å². The van der Waals surface area contributed by atoms with Gasteiger partial charge in [0.2, 0.25) is 0 Å². The molecular weight excluding hydrogens is 280 g/mol. The van der Waals surface area contributed by atoms with Gasteiger partial charge in [0.1, 0.15) is 0 Å². The summed E-state index contributed by atoms with van der Waals surface area (Å²) in [5.74, 6) is 1.69. The summed E-state index contributed by atoms with van der Waals surface area (Å²) in [6.45, 7) is 10.8. The Morgan fingerprint density at radius 3 is 2.62 bits per heavy atom. The summed E-state index contributed by atoms with van der Waals surface area (Å²) in [4.78, 5) is 2.71. The van der Waals surface area contributed by atoms with Gasteiger partial charge in [0.05, 0.1) is 0 Å². The number of rotatable bonds is 3. The third-order valence-corrected chi connectivity index (χ3v) is 5.11. The van der Waals surface area contributed by atoms with E-state index in [9.17, 15) is 0 Å². The first-order valence-electron chi connectivity index (χ1n) is 8.22. The summed E-state index contributed by atoms with van der Waals surface area (Å²) in [7, 11) is 0. The number of likely N-dealkylation sites (tertiary alicyclic amines) is 1. The van der Waals surface area contributed by atoms with E-state index >= 15 is 0 Å². The Kier molecular flexibility index (Phi) is 6.09. The highest BCUT2D eigenvalue weighted by Crippen LogP contribution is 2.30. The van der Waals surface area contributed by atoms with Crippen LogP contribution in [0.2, 0.25) is 0 Å². The molecule has 0 aliphatic carbocycles. The smallest absolute Gasteiger partial charge is 0.00510 e. The normalized spacial score (nSPS) is 24.0. The summed E-state index contributed by atoms with van der Waals surface area (Å²) in [5, 5.41) is 3.47. The van der Waals surface area contributed by atoms with Crippen LogP contribution >= 0.6 is 12.4 Å². The Balaban J connectivity index is 0.00000161. The van der Waals surface area contributed by atoms with Crippen LogP contribution in [-0.2, 0) is 0 Å². The van der Waals surface area contributed by atoms with Crippen LogP contribution in [0.25, 0.3) is 0 Å². The van der Waals surface area contributed by atoms with Crippen LogP contribution in [0.4, 0.5) is 0 Å². The van der Waals surface area contributed by atoms with Crippen molar-refractivity contribution in [3.8, 4) is 0 Å². The average molecular weight is 309 g/mol. The second kappa shape index (κ2) is 7.62. The van der Waals surface area contributed by atoms with Crippen LogP contribution in [0.15, 0.2) is 18.2 Å². The molecule has 21 heavy (non-hydrogen) atoms. The fraction of sp³-hybridized carbons (Fsp3) is 0.667. The van der Waals surface area contributed by atoms with Crippen LogP contribution in [0.3, 0.4) is 0 Å². The fourth-order valence-corrected chi connectivity index (χ4v) is 3.97. The third kappa shape index (κ3) is 4.21. The maximum atomic E-state index is 3.47. The van der Waals surface area contributed by atoms with Gasteiger partial charge in [0.25, 0.3) is 0 Å². The molecule has 0 bridgehead atoms. The minimum atomic E-state index is 0. The molecule has 0 aromatic heterocycles. The third-order valence-electron chi connectivity index (χ3n) is 5.11. The lowest BCUT2D eigenvalue weighted by Gasteiger charge is -2.27. The number of hydrogen-bond acceptors (Lipinski definition) is 2. The van der Waals surface area contributed by atoms with Crippen molar-refractivity contribution in [1.82, 2.24) is 10.2 Å². The first-order valence-corrected chi connectivity index (χ1v) is 8.22. The zero-order valence-corrected chi connectivity index (χ0v) is 14.2. The molecule has 0 saturated carbocycles. The molecule has 0 amide bonds. The Hall–Kier alpha value is -0.570. The molecular formula is C18H29ClN2. The van der Waals surface area contributed by atoms with Crippen molar-refractivity contribution in [2.75, 3.05) is 32.7 Å². The minimum absolute atomic E-state index is 0. The van der Waals surface area contributed by atoms with Gasteiger partial charge >= 0.3 is 0 Å². The lowest BCUT2D eigenvalue weighted by Crippen LogP contribution is -2.35. The summed E-state index contributed by atoms with van der Waals surface area (Å²) >= 11 is 0. The van der Waals surface area contributed by atoms with Gasteiger partial charge < -0.3 is 10.2 Å². The van der Waals surface area contributed by atoms with E-state index in [0.29, 0.717) is 0 Å². The largest absolute Gasteiger partial charge is 0.317 e. The predicted octanol–water partition coefficient (Wildman–Crippen LogP) is 3.51. The molecule has 1 N–H and O–H groups in total. The van der Waals surface area contributed by atoms with Crippen LogP contribution in [0.5, 0.6) is 0 Å². The van der Waals surface area contributed by atoms with Gasteiger partial charge in [-0.1, -0.05) is 23.8 Å². The topological polar surface area (TPSA) is 15.3 Å². The van der Waals surface area contributed by atoms with Gasteiger partial charge in [-0.25, -0.2) is 0 Å². The summed E-state index contributed by atoms with van der Waals surface area (Å²) in [6.07, 6.45) is 4.07. The van der Waals surface area contributed by atoms with Gasteiger partial charge in [-0.15, -0.1) is 12.4 Å². The highest BCUT2D eigenvalue weighted by atomic mass is 35.5. The second-order valence-corrected chi connectivity index (χ2v) is 6.80. The molecule has 2 nitrogen and oxygen atoms in total. The van der Waals surface area contributed by atoms with Crippen LogP contribution in [0, 0.1) is 19.8 Å². The molecule has 1 atom stereocenters. The maximum absolute atomic E-state index is 3.47. The van der Waals surface area contributed by atoms with Gasteiger partial charge in [-0.05, 0) is 75.7 Å². The number of halogens is 1. The number of aryl methyl sites for hydroxylation is 2. The van der Waals surface area contributed by atoms with Crippen molar-refractivity contribution in [3.05, 3.63) is 34.9 Å². The van der Waals surface area contributed by atoms with Gasteiger partial charge in [-0.3, -0.25) is 0 Å². The molecule has 2 fully saturated rings. The summed E-state index contributed by atoms with van der Waals surface area (Å²) in [5.41, 5.74) is 4.46. The van der Waals surface area contributed by atoms with Crippen molar-refractivity contribution in [2.45, 2.75) is 39.0 Å². The molecule has 118 valence electrons. The molecule has 2 aliphatic rings. The highest BCUT2D eigenvalue weighted by Gasteiger charge is 2.27. The Bertz CT molecular complexity index is 455. The SMILES string of the molecule is Cc1ccc(C2CCN(CC3CCNCC3)C2)c(C)c1.Cl. The zero-order valence-electron chi connectivity index (χ0n) is 13.4. The second-order valence-electron chi connectivity index (χ2n) is 6.80. The lowest BCUT2D eigenvalue weighted by atomic mass is 9.93. The number of nitrogens with zero attached hydrogens (tertiary/aromatic N) is 1. The Morgan fingerprint density at radius 1 is 1.14 bits per heavy atom. The molecule has 1 aromatic rings. The molecule has 3 heteroatoms. The molecule has 0 radical (unpaired) electrons. The minimum Gasteiger partial charge on any atom is -0.317 e. The maximum Gasteiger partial charge on any atom is 0.00510 e. The van der Waals surface area contributed by atoms with Crippen molar-refractivity contribution >= 4 is 12.4 Å². The van der Waals surface area contributed by atoms with Crippen molar-refractivity contribution in [2.24, 2.45) is 5.92 Å². The summed E-state index contributed by atoms with van der Waals surface area (Å²) in [6, 6.07) is 6.98. The van der Waals surface area contributed by atoms with E-state index < -0.39 is 0 Å². The Labute approximate surface area is 135 Å². The van der Waals surface area contributed by atoms with Crippen molar-refractivity contribution < 1.29 is 0 Å². The van der Waals surface area contributed by atoms with E-state index in [1.807, 2.05) is 0 Å². The van der Waals surface area contributed by atoms with Crippen LogP contribution < -0.4 is 5.32 Å². The first-order chi connectivity index (χ1) is 9.72. The zero-order chi connectivity index (χ0) is 13.9. The van der Waals surface area contributed by atoms with E-state index in [2.05, 4.69) is 42.3 Å². The molecule has 2 heterocycles. The highest BCUT2D eigenvalue weighted by molar-refractivity contribution is 5.85. The molecule has 1 unspecified atom stereocenters. The average Bonchev–Trinajstić information content (AvgIpc) is 2.88. The quantitative estimate of drug-likeness (QED) is 0.919. The molecule has 0 spiro atoms. The van der Waals surface area contributed by atoms with Crippen LogP contribution in [0.1, 0.15) is 41.9 Å².